The van der Waals surface area contributed by atoms with E-state index in [2.05, 4.69) is 60.8 Å². The van der Waals surface area contributed by atoms with Crippen molar-refractivity contribution >= 4 is 5.69 Å². The summed E-state index contributed by atoms with van der Waals surface area (Å²) in [5.74, 6) is 0.629. The van der Waals surface area contributed by atoms with E-state index in [1.807, 2.05) is 6.07 Å². The van der Waals surface area contributed by atoms with Crippen LogP contribution in [0, 0.1) is 5.92 Å². The normalized spacial score (nSPS) is 19.8. The topological polar surface area (TPSA) is 21.3 Å². The van der Waals surface area contributed by atoms with Crippen LogP contribution in [0.25, 0.3) is 11.1 Å². The first-order valence-corrected chi connectivity index (χ1v) is 7.33. The number of anilines is 1. The third-order valence-electron chi connectivity index (χ3n) is 4.06. The predicted molar refractivity (Wildman–Crippen MR) is 83.9 cm³/mol. The smallest absolute Gasteiger partial charge is 0.0514 e. The van der Waals surface area contributed by atoms with Crippen LogP contribution in [0.15, 0.2) is 54.6 Å². The quantitative estimate of drug-likeness (QED) is 0.896. The number of hydrogen-bond donors (Lipinski definition) is 1. The molecule has 2 unspecified atom stereocenters. The van der Waals surface area contributed by atoms with Crippen molar-refractivity contribution in [2.75, 3.05) is 18.5 Å². The summed E-state index contributed by atoms with van der Waals surface area (Å²) in [5.41, 5.74) is 3.70. The molecule has 20 heavy (non-hydrogen) atoms. The molecule has 2 atom stereocenters. The van der Waals surface area contributed by atoms with Gasteiger partial charge in [-0.3, -0.25) is 0 Å². The lowest BCUT2D eigenvalue weighted by molar-refractivity contribution is 0.183. The summed E-state index contributed by atoms with van der Waals surface area (Å²) in [6.07, 6.45) is 1.16. The van der Waals surface area contributed by atoms with Crippen molar-refractivity contribution in [2.24, 2.45) is 5.92 Å². The zero-order valence-corrected chi connectivity index (χ0v) is 11.9. The first-order valence-electron chi connectivity index (χ1n) is 7.33. The molecule has 0 radical (unpaired) electrons. The third-order valence-corrected chi connectivity index (χ3v) is 4.06. The summed E-state index contributed by atoms with van der Waals surface area (Å²) < 4.78 is 5.45. The van der Waals surface area contributed by atoms with Crippen LogP contribution in [-0.4, -0.2) is 19.3 Å². The molecule has 0 bridgehead atoms. The molecule has 1 aliphatic rings. The van der Waals surface area contributed by atoms with Gasteiger partial charge in [0.05, 0.1) is 6.61 Å². The monoisotopic (exact) mass is 267 g/mol. The molecule has 0 aliphatic carbocycles. The van der Waals surface area contributed by atoms with Crippen molar-refractivity contribution in [3.8, 4) is 11.1 Å². The Morgan fingerprint density at radius 2 is 1.70 bits per heavy atom. The van der Waals surface area contributed by atoms with Crippen molar-refractivity contribution in [3.63, 3.8) is 0 Å². The first kappa shape index (κ1) is 13.2. The van der Waals surface area contributed by atoms with E-state index in [9.17, 15) is 0 Å². The minimum Gasteiger partial charge on any atom is -0.382 e. The average molecular weight is 267 g/mol. The number of ether oxygens (including phenoxy) is 1. The number of hydrogen-bond acceptors (Lipinski definition) is 2. The highest BCUT2D eigenvalue weighted by Gasteiger charge is 2.21. The lowest BCUT2D eigenvalue weighted by Crippen LogP contribution is -2.25. The van der Waals surface area contributed by atoms with Gasteiger partial charge in [-0.2, -0.15) is 0 Å². The van der Waals surface area contributed by atoms with Gasteiger partial charge in [-0.25, -0.2) is 0 Å². The van der Waals surface area contributed by atoms with Crippen LogP contribution in [0.2, 0.25) is 0 Å². The predicted octanol–water partition coefficient (Wildman–Crippen LogP) is 4.19. The van der Waals surface area contributed by atoms with Gasteiger partial charge >= 0.3 is 0 Å². The summed E-state index contributed by atoms with van der Waals surface area (Å²) in [4.78, 5) is 0. The maximum atomic E-state index is 5.45. The van der Waals surface area contributed by atoms with E-state index >= 15 is 0 Å². The van der Waals surface area contributed by atoms with Crippen LogP contribution < -0.4 is 5.32 Å². The Morgan fingerprint density at radius 3 is 2.35 bits per heavy atom. The standard InChI is InChI=1S/C18H21NO/c1-14(17-11-12-20-13-17)19-18-9-7-16(8-10-18)15-5-3-2-4-6-15/h2-10,14,17,19H,11-13H2,1H3. The van der Waals surface area contributed by atoms with Crippen molar-refractivity contribution in [1.82, 2.24) is 0 Å². The highest BCUT2D eigenvalue weighted by molar-refractivity contribution is 5.65. The fraction of sp³-hybridized carbons (Fsp3) is 0.333. The molecule has 2 nitrogen and oxygen atoms in total. The van der Waals surface area contributed by atoms with Crippen LogP contribution in [0.3, 0.4) is 0 Å². The van der Waals surface area contributed by atoms with E-state index in [1.54, 1.807) is 0 Å². The molecule has 1 heterocycles. The molecule has 1 aliphatic heterocycles. The molecule has 0 spiro atoms. The molecule has 1 saturated heterocycles. The second-order valence-corrected chi connectivity index (χ2v) is 5.50. The second kappa shape index (κ2) is 6.10. The van der Waals surface area contributed by atoms with Crippen LogP contribution >= 0.6 is 0 Å². The highest BCUT2D eigenvalue weighted by atomic mass is 16.5. The minimum atomic E-state index is 0.458. The molecule has 1 N–H and O–H groups in total. The van der Waals surface area contributed by atoms with Crippen LogP contribution in [0.4, 0.5) is 5.69 Å². The van der Waals surface area contributed by atoms with Crippen LogP contribution in [0.1, 0.15) is 13.3 Å². The molecular formula is C18H21NO. The molecule has 0 aromatic heterocycles. The lowest BCUT2D eigenvalue weighted by atomic mass is 10.00. The van der Waals surface area contributed by atoms with Crippen molar-refractivity contribution < 1.29 is 4.74 Å². The molecule has 2 aromatic rings. The Morgan fingerprint density at radius 1 is 1.00 bits per heavy atom. The van der Waals surface area contributed by atoms with Gasteiger partial charge in [0.25, 0.3) is 0 Å². The van der Waals surface area contributed by atoms with E-state index in [4.69, 9.17) is 4.74 Å². The minimum absolute atomic E-state index is 0.458. The summed E-state index contributed by atoms with van der Waals surface area (Å²) in [5, 5.41) is 3.58. The average Bonchev–Trinajstić information content (AvgIpc) is 3.03. The summed E-state index contributed by atoms with van der Waals surface area (Å²) in [6, 6.07) is 19.6. The zero-order chi connectivity index (χ0) is 13.8. The zero-order valence-electron chi connectivity index (χ0n) is 11.9. The lowest BCUT2D eigenvalue weighted by Gasteiger charge is -2.20. The first-order chi connectivity index (χ1) is 9.83. The van der Waals surface area contributed by atoms with Crippen LogP contribution in [0.5, 0.6) is 0 Å². The van der Waals surface area contributed by atoms with Gasteiger partial charge in [-0.15, -0.1) is 0 Å². The highest BCUT2D eigenvalue weighted by Crippen LogP contribution is 2.23. The Hall–Kier alpha value is -1.80. The number of nitrogens with one attached hydrogen (secondary N) is 1. The van der Waals surface area contributed by atoms with Crippen molar-refractivity contribution in [3.05, 3.63) is 54.6 Å². The molecule has 2 aromatic carbocycles. The van der Waals surface area contributed by atoms with Gasteiger partial charge in [0.2, 0.25) is 0 Å². The maximum Gasteiger partial charge on any atom is 0.0514 e. The van der Waals surface area contributed by atoms with E-state index in [1.165, 1.54) is 16.8 Å². The number of rotatable bonds is 4. The van der Waals surface area contributed by atoms with Crippen molar-refractivity contribution in [2.45, 2.75) is 19.4 Å². The van der Waals surface area contributed by atoms with Gasteiger partial charge in [0, 0.05) is 24.3 Å². The third kappa shape index (κ3) is 3.02. The Kier molecular flexibility index (Phi) is 4.03. The summed E-state index contributed by atoms with van der Waals surface area (Å²) in [7, 11) is 0. The Labute approximate surface area is 120 Å². The van der Waals surface area contributed by atoms with Crippen molar-refractivity contribution in [1.29, 1.82) is 0 Å². The maximum absolute atomic E-state index is 5.45. The molecule has 3 rings (SSSR count). The van der Waals surface area contributed by atoms with E-state index in [0.29, 0.717) is 12.0 Å². The van der Waals surface area contributed by atoms with Gasteiger partial charge in [0.1, 0.15) is 0 Å². The second-order valence-electron chi connectivity index (χ2n) is 5.50. The summed E-state index contributed by atoms with van der Waals surface area (Å²) in [6.45, 7) is 4.03. The Balaban J connectivity index is 1.67. The van der Waals surface area contributed by atoms with Gasteiger partial charge in [0.15, 0.2) is 0 Å². The molecule has 1 fully saturated rings. The van der Waals surface area contributed by atoms with Crippen LogP contribution in [-0.2, 0) is 4.74 Å². The number of benzene rings is 2. The molecule has 0 saturated carbocycles. The Bertz CT molecular complexity index is 529. The molecule has 0 amide bonds. The fourth-order valence-corrected chi connectivity index (χ4v) is 2.72. The fourth-order valence-electron chi connectivity index (χ4n) is 2.72. The van der Waals surface area contributed by atoms with E-state index < -0.39 is 0 Å². The summed E-state index contributed by atoms with van der Waals surface area (Å²) >= 11 is 0. The SMILES string of the molecule is CC(Nc1ccc(-c2ccccc2)cc1)C1CCOC1. The molecule has 2 heteroatoms. The van der Waals surface area contributed by atoms with E-state index in [-0.39, 0.29) is 0 Å². The largest absolute Gasteiger partial charge is 0.382 e. The van der Waals surface area contributed by atoms with Gasteiger partial charge in [-0.05, 0) is 36.6 Å². The van der Waals surface area contributed by atoms with Gasteiger partial charge < -0.3 is 10.1 Å². The molecule has 104 valence electrons. The molecular weight excluding hydrogens is 246 g/mol. The van der Waals surface area contributed by atoms with E-state index in [0.717, 1.165) is 19.6 Å². The van der Waals surface area contributed by atoms with Gasteiger partial charge in [-0.1, -0.05) is 42.5 Å².